The second-order valence-corrected chi connectivity index (χ2v) is 8.36. The standard InChI is InChI=1S/C25H19N3O3/c29-23(27-19-5-1-3-14-4-2-12-26-22(14)19)15-8-10-18(11-9-15)28-24(30)20-16-6-7-17(13-16)21(20)25(28)31/h1-5,8-12,16,20H,6-7,13H2,(H,27,29). The van der Waals surface area contributed by atoms with Crippen molar-refractivity contribution in [3.63, 3.8) is 0 Å². The van der Waals surface area contributed by atoms with E-state index >= 15 is 0 Å². The molecule has 3 aromatic rings. The highest BCUT2D eigenvalue weighted by Crippen LogP contribution is 2.52. The second kappa shape index (κ2) is 6.60. The molecule has 6 nitrogen and oxygen atoms in total. The van der Waals surface area contributed by atoms with E-state index in [9.17, 15) is 14.4 Å². The van der Waals surface area contributed by atoms with Crippen molar-refractivity contribution in [2.45, 2.75) is 19.3 Å². The number of carbonyl (C=O) groups is 3. The molecule has 1 aliphatic heterocycles. The average Bonchev–Trinajstić information content (AvgIpc) is 3.48. The van der Waals surface area contributed by atoms with Gasteiger partial charge in [0, 0.05) is 22.7 Å². The van der Waals surface area contributed by atoms with Crippen molar-refractivity contribution in [1.29, 1.82) is 0 Å². The van der Waals surface area contributed by atoms with Gasteiger partial charge in [0.15, 0.2) is 0 Å². The number of para-hydroxylation sites is 1. The van der Waals surface area contributed by atoms with Gasteiger partial charge >= 0.3 is 0 Å². The van der Waals surface area contributed by atoms with Crippen molar-refractivity contribution in [3.8, 4) is 0 Å². The number of aromatic nitrogens is 1. The first kappa shape index (κ1) is 18.0. The highest BCUT2D eigenvalue weighted by Gasteiger charge is 2.54. The molecule has 31 heavy (non-hydrogen) atoms. The number of fused-ring (bicyclic) bond motifs is 5. The summed E-state index contributed by atoms with van der Waals surface area (Å²) < 4.78 is 0. The molecule has 1 saturated carbocycles. The lowest BCUT2D eigenvalue weighted by molar-refractivity contribution is -0.123. The van der Waals surface area contributed by atoms with E-state index in [0.29, 0.717) is 16.9 Å². The Bertz CT molecular complexity index is 1300. The van der Waals surface area contributed by atoms with Crippen LogP contribution in [0.1, 0.15) is 29.6 Å². The second-order valence-electron chi connectivity index (χ2n) is 8.36. The van der Waals surface area contributed by atoms with Crippen LogP contribution >= 0.6 is 0 Å². The molecule has 1 saturated heterocycles. The van der Waals surface area contributed by atoms with E-state index in [2.05, 4.69) is 10.3 Å². The van der Waals surface area contributed by atoms with Crippen LogP contribution in [0.3, 0.4) is 0 Å². The molecule has 2 aromatic carbocycles. The Balaban J connectivity index is 1.25. The molecule has 2 aliphatic carbocycles. The Morgan fingerprint density at radius 2 is 1.84 bits per heavy atom. The fourth-order valence-corrected chi connectivity index (χ4v) is 5.24. The molecule has 3 aliphatic rings. The van der Waals surface area contributed by atoms with Crippen LogP contribution in [0.15, 0.2) is 71.9 Å². The largest absolute Gasteiger partial charge is 0.320 e. The number of nitrogens with one attached hydrogen (secondary N) is 1. The zero-order valence-corrected chi connectivity index (χ0v) is 16.7. The average molecular weight is 409 g/mol. The van der Waals surface area contributed by atoms with Crippen molar-refractivity contribution >= 4 is 40.0 Å². The molecular weight excluding hydrogens is 390 g/mol. The number of benzene rings is 2. The number of hydrogen-bond donors (Lipinski definition) is 1. The third-order valence-electron chi connectivity index (χ3n) is 6.68. The van der Waals surface area contributed by atoms with Gasteiger partial charge in [0.05, 0.1) is 22.8 Å². The highest BCUT2D eigenvalue weighted by atomic mass is 16.2. The third-order valence-corrected chi connectivity index (χ3v) is 6.68. The molecule has 3 amide bonds. The van der Waals surface area contributed by atoms with Crippen molar-refractivity contribution < 1.29 is 14.4 Å². The molecule has 2 bridgehead atoms. The van der Waals surface area contributed by atoms with E-state index in [-0.39, 0.29) is 29.6 Å². The van der Waals surface area contributed by atoms with Crippen LogP contribution in [-0.2, 0) is 9.59 Å². The molecule has 6 rings (SSSR count). The van der Waals surface area contributed by atoms with Crippen LogP contribution in [0, 0.1) is 11.8 Å². The van der Waals surface area contributed by atoms with Gasteiger partial charge in [-0.25, -0.2) is 4.90 Å². The summed E-state index contributed by atoms with van der Waals surface area (Å²) in [5.74, 6) is -0.572. The molecular formula is C25H19N3O3. The first-order valence-corrected chi connectivity index (χ1v) is 10.5. The van der Waals surface area contributed by atoms with Gasteiger partial charge in [-0.1, -0.05) is 23.8 Å². The Morgan fingerprint density at radius 3 is 2.65 bits per heavy atom. The monoisotopic (exact) mass is 409 g/mol. The Morgan fingerprint density at radius 1 is 1.03 bits per heavy atom. The number of allylic oxidation sites excluding steroid dienone is 1. The van der Waals surface area contributed by atoms with Crippen LogP contribution in [0.5, 0.6) is 0 Å². The SMILES string of the molecule is O=C(Nc1cccc2cccnc12)c1ccc(N2C(=O)C3=C4CCC(C4)C3C2=O)cc1. The number of carbonyl (C=O) groups excluding carboxylic acids is 3. The van der Waals surface area contributed by atoms with Gasteiger partial charge in [-0.15, -0.1) is 0 Å². The number of nitrogens with zero attached hydrogens (tertiary/aromatic N) is 2. The summed E-state index contributed by atoms with van der Waals surface area (Å²) in [4.78, 5) is 44.3. The quantitative estimate of drug-likeness (QED) is 0.661. The fourth-order valence-electron chi connectivity index (χ4n) is 5.24. The minimum Gasteiger partial charge on any atom is -0.320 e. The van der Waals surface area contributed by atoms with Crippen molar-refractivity contribution in [2.75, 3.05) is 10.2 Å². The van der Waals surface area contributed by atoms with Gasteiger partial charge < -0.3 is 5.32 Å². The predicted molar refractivity (Wildman–Crippen MR) is 116 cm³/mol. The van der Waals surface area contributed by atoms with E-state index in [1.165, 1.54) is 4.90 Å². The maximum absolute atomic E-state index is 13.0. The summed E-state index contributed by atoms with van der Waals surface area (Å²) in [6.07, 6.45) is 4.52. The molecule has 2 heterocycles. The lowest BCUT2D eigenvalue weighted by Gasteiger charge is -2.17. The minimum absolute atomic E-state index is 0.126. The Labute approximate surface area is 178 Å². The van der Waals surface area contributed by atoms with Crippen molar-refractivity contribution in [1.82, 2.24) is 4.98 Å². The summed E-state index contributed by atoms with van der Waals surface area (Å²) in [5, 5.41) is 3.84. The zero-order chi connectivity index (χ0) is 21.1. The van der Waals surface area contributed by atoms with Gasteiger partial charge in [-0.05, 0) is 61.6 Å². The summed E-state index contributed by atoms with van der Waals surface area (Å²) >= 11 is 0. The van der Waals surface area contributed by atoms with Crippen LogP contribution in [-0.4, -0.2) is 22.7 Å². The smallest absolute Gasteiger partial charge is 0.261 e. The van der Waals surface area contributed by atoms with E-state index in [1.54, 1.807) is 30.5 Å². The summed E-state index contributed by atoms with van der Waals surface area (Å²) in [6.45, 7) is 0. The van der Waals surface area contributed by atoms with Crippen LogP contribution in [0.25, 0.3) is 10.9 Å². The normalized spacial score (nSPS) is 21.9. The van der Waals surface area contributed by atoms with Crippen molar-refractivity contribution in [3.05, 3.63) is 77.5 Å². The zero-order valence-electron chi connectivity index (χ0n) is 16.7. The van der Waals surface area contributed by atoms with E-state index in [0.717, 1.165) is 41.3 Å². The molecule has 0 spiro atoms. The molecule has 2 fully saturated rings. The number of anilines is 2. The van der Waals surface area contributed by atoms with E-state index in [4.69, 9.17) is 0 Å². The number of rotatable bonds is 3. The van der Waals surface area contributed by atoms with Crippen LogP contribution in [0.4, 0.5) is 11.4 Å². The van der Waals surface area contributed by atoms with E-state index in [1.807, 2.05) is 30.3 Å². The van der Waals surface area contributed by atoms with Crippen LogP contribution < -0.4 is 10.2 Å². The molecule has 1 aromatic heterocycles. The molecule has 152 valence electrons. The van der Waals surface area contributed by atoms with Gasteiger partial charge in [-0.2, -0.15) is 0 Å². The van der Waals surface area contributed by atoms with Crippen molar-refractivity contribution in [2.24, 2.45) is 11.8 Å². The summed E-state index contributed by atoms with van der Waals surface area (Å²) in [5.41, 5.74) is 4.20. The lowest BCUT2D eigenvalue weighted by Crippen LogP contribution is -2.32. The topological polar surface area (TPSA) is 79.4 Å². The highest BCUT2D eigenvalue weighted by molar-refractivity contribution is 6.30. The fraction of sp³-hybridized carbons (Fsp3) is 0.200. The first-order valence-electron chi connectivity index (χ1n) is 10.5. The predicted octanol–water partition coefficient (Wildman–Crippen LogP) is 4.09. The Kier molecular flexibility index (Phi) is 3.84. The number of hydrogen-bond acceptors (Lipinski definition) is 4. The molecule has 2 atom stereocenters. The van der Waals surface area contributed by atoms with Gasteiger partial charge in [0.1, 0.15) is 0 Å². The van der Waals surface area contributed by atoms with Gasteiger partial charge in [-0.3, -0.25) is 19.4 Å². The van der Waals surface area contributed by atoms with Gasteiger partial charge in [0.2, 0.25) is 5.91 Å². The molecule has 1 N–H and O–H groups in total. The third kappa shape index (κ3) is 2.64. The maximum Gasteiger partial charge on any atom is 0.261 e. The minimum atomic E-state index is -0.274. The first-order chi connectivity index (χ1) is 15.1. The maximum atomic E-state index is 13.0. The number of amides is 3. The summed E-state index contributed by atoms with van der Waals surface area (Å²) in [6, 6.07) is 16.0. The summed E-state index contributed by atoms with van der Waals surface area (Å²) in [7, 11) is 0. The van der Waals surface area contributed by atoms with Crippen LogP contribution in [0.2, 0.25) is 0 Å². The van der Waals surface area contributed by atoms with E-state index < -0.39 is 0 Å². The number of imide groups is 1. The molecule has 0 radical (unpaired) electrons. The number of pyridine rings is 1. The Hall–Kier alpha value is -3.80. The molecule has 2 unspecified atom stereocenters. The molecule has 6 heteroatoms. The lowest BCUT2D eigenvalue weighted by atomic mass is 9.88. The van der Waals surface area contributed by atoms with Gasteiger partial charge in [0.25, 0.3) is 11.8 Å².